The predicted molar refractivity (Wildman–Crippen MR) is 102 cm³/mol. The molecule has 0 atom stereocenters. The number of carbonyl (C=O) groups is 3. The molecule has 2 heterocycles. The minimum atomic E-state index is -0.628. The van der Waals surface area contributed by atoms with Gasteiger partial charge in [0.25, 0.3) is 11.1 Å². The Bertz CT molecular complexity index is 951. The number of furan rings is 1. The second kappa shape index (κ2) is 8.01. The zero-order chi connectivity index (χ0) is 19.6. The van der Waals surface area contributed by atoms with Crippen LogP contribution in [0, 0.1) is 0 Å². The summed E-state index contributed by atoms with van der Waals surface area (Å²) in [6.45, 7) is -0.0748. The van der Waals surface area contributed by atoms with Gasteiger partial charge in [0.05, 0.1) is 25.7 Å². The Balaban J connectivity index is 1.82. The van der Waals surface area contributed by atoms with E-state index in [0.717, 1.165) is 21.1 Å². The van der Waals surface area contributed by atoms with Crippen molar-refractivity contribution in [3.63, 3.8) is 0 Å². The van der Waals surface area contributed by atoms with E-state index in [1.165, 1.54) is 26.4 Å². The lowest BCUT2D eigenvalue weighted by Gasteiger charge is -2.10. The van der Waals surface area contributed by atoms with Crippen LogP contribution < -0.4 is 4.74 Å². The van der Waals surface area contributed by atoms with Crippen molar-refractivity contribution in [3.8, 4) is 5.75 Å². The molecule has 1 aromatic carbocycles. The molecule has 3 rings (SSSR count). The van der Waals surface area contributed by atoms with Gasteiger partial charge in [0, 0.05) is 10.0 Å². The minimum Gasteiger partial charge on any atom is -0.496 e. The molecular weight excluding hydrogens is 438 g/mol. The lowest BCUT2D eigenvalue weighted by atomic mass is 10.2. The number of halogens is 1. The number of rotatable bonds is 5. The van der Waals surface area contributed by atoms with Crippen LogP contribution in [0.4, 0.5) is 4.79 Å². The van der Waals surface area contributed by atoms with E-state index in [-0.39, 0.29) is 17.2 Å². The maximum Gasteiger partial charge on any atom is 0.373 e. The fourth-order valence-corrected chi connectivity index (χ4v) is 3.63. The summed E-state index contributed by atoms with van der Waals surface area (Å²) in [5, 5.41) is -0.420. The zero-order valence-corrected chi connectivity index (χ0v) is 16.8. The van der Waals surface area contributed by atoms with E-state index >= 15 is 0 Å². The summed E-state index contributed by atoms with van der Waals surface area (Å²) in [4.78, 5) is 37.7. The van der Waals surface area contributed by atoms with Crippen molar-refractivity contribution in [2.24, 2.45) is 0 Å². The molecule has 1 aliphatic rings. The molecule has 0 aliphatic carbocycles. The molecule has 1 saturated heterocycles. The van der Waals surface area contributed by atoms with Gasteiger partial charge in [0.15, 0.2) is 0 Å². The van der Waals surface area contributed by atoms with Crippen molar-refractivity contribution in [3.05, 3.63) is 56.8 Å². The van der Waals surface area contributed by atoms with Crippen molar-refractivity contribution >= 4 is 50.9 Å². The molecule has 140 valence electrons. The van der Waals surface area contributed by atoms with Gasteiger partial charge in [-0.15, -0.1) is 0 Å². The van der Waals surface area contributed by atoms with Gasteiger partial charge >= 0.3 is 5.97 Å². The normalized spacial score (nSPS) is 15.5. The highest BCUT2D eigenvalue weighted by atomic mass is 79.9. The third-order valence-electron chi connectivity index (χ3n) is 3.71. The standard InChI is InChI=1S/C18H14BrNO6S/c1-24-13-5-3-11(19)7-10(13)8-15-16(21)20(18(23)27-15)9-12-4-6-14(26-12)17(22)25-2/h3-8H,9H2,1-2H3. The van der Waals surface area contributed by atoms with Crippen LogP contribution in [-0.2, 0) is 16.1 Å². The Hall–Kier alpha value is -2.52. The van der Waals surface area contributed by atoms with Crippen molar-refractivity contribution < 1.29 is 28.3 Å². The summed E-state index contributed by atoms with van der Waals surface area (Å²) in [6.07, 6.45) is 1.61. The molecule has 2 aromatic rings. The summed E-state index contributed by atoms with van der Waals surface area (Å²) in [5.74, 6) is -0.174. The number of benzene rings is 1. The Labute approximate surface area is 167 Å². The Morgan fingerprint density at radius 3 is 2.74 bits per heavy atom. The topological polar surface area (TPSA) is 86.0 Å². The van der Waals surface area contributed by atoms with Crippen LogP contribution in [-0.4, -0.2) is 36.2 Å². The van der Waals surface area contributed by atoms with Crippen molar-refractivity contribution in [1.82, 2.24) is 4.90 Å². The summed E-state index contributed by atoms with van der Waals surface area (Å²) in [6, 6.07) is 8.33. The number of ether oxygens (including phenoxy) is 2. The van der Waals surface area contributed by atoms with Crippen LogP contribution >= 0.6 is 27.7 Å². The molecule has 0 radical (unpaired) electrons. The molecule has 2 amide bonds. The van der Waals surface area contributed by atoms with E-state index in [1.807, 2.05) is 6.07 Å². The second-order valence-corrected chi connectivity index (χ2v) is 7.32. The van der Waals surface area contributed by atoms with E-state index in [9.17, 15) is 14.4 Å². The lowest BCUT2D eigenvalue weighted by Crippen LogP contribution is -2.27. The van der Waals surface area contributed by atoms with Gasteiger partial charge in [-0.2, -0.15) is 0 Å². The molecule has 1 aromatic heterocycles. The molecule has 27 heavy (non-hydrogen) atoms. The van der Waals surface area contributed by atoms with E-state index in [1.54, 1.807) is 18.2 Å². The summed E-state index contributed by atoms with van der Waals surface area (Å²) in [7, 11) is 2.77. The van der Waals surface area contributed by atoms with Gasteiger partial charge in [-0.05, 0) is 48.2 Å². The van der Waals surface area contributed by atoms with Gasteiger partial charge in [-0.1, -0.05) is 15.9 Å². The maximum absolute atomic E-state index is 12.6. The first kappa shape index (κ1) is 19.2. The highest BCUT2D eigenvalue weighted by Gasteiger charge is 2.36. The Morgan fingerprint density at radius 2 is 2.04 bits per heavy atom. The molecule has 9 heteroatoms. The SMILES string of the molecule is COC(=O)c1ccc(CN2C(=O)SC(=Cc3cc(Br)ccc3OC)C2=O)o1. The molecule has 0 unspecified atom stereocenters. The van der Waals surface area contributed by atoms with Gasteiger partial charge in [0.1, 0.15) is 11.5 Å². The second-order valence-electron chi connectivity index (χ2n) is 5.41. The van der Waals surface area contributed by atoms with Crippen molar-refractivity contribution in [2.45, 2.75) is 6.54 Å². The van der Waals surface area contributed by atoms with Crippen LogP contribution in [0.15, 0.2) is 44.1 Å². The lowest BCUT2D eigenvalue weighted by molar-refractivity contribution is -0.123. The quantitative estimate of drug-likeness (QED) is 0.499. The van der Waals surface area contributed by atoms with Crippen LogP contribution in [0.3, 0.4) is 0 Å². The van der Waals surface area contributed by atoms with Crippen molar-refractivity contribution in [2.75, 3.05) is 14.2 Å². The van der Waals surface area contributed by atoms with Crippen molar-refractivity contribution in [1.29, 1.82) is 0 Å². The average molecular weight is 452 g/mol. The zero-order valence-electron chi connectivity index (χ0n) is 14.4. The first-order valence-electron chi connectivity index (χ1n) is 7.69. The number of amides is 2. The summed E-state index contributed by atoms with van der Waals surface area (Å²) < 4.78 is 16.0. The first-order chi connectivity index (χ1) is 12.9. The van der Waals surface area contributed by atoms with Gasteiger partial charge in [0.2, 0.25) is 5.76 Å². The maximum atomic E-state index is 12.6. The number of hydrogen-bond acceptors (Lipinski definition) is 7. The number of carbonyl (C=O) groups excluding carboxylic acids is 3. The highest BCUT2D eigenvalue weighted by Crippen LogP contribution is 2.35. The monoisotopic (exact) mass is 451 g/mol. The minimum absolute atomic E-state index is 0.00823. The third kappa shape index (κ3) is 4.09. The largest absolute Gasteiger partial charge is 0.496 e. The highest BCUT2D eigenvalue weighted by molar-refractivity contribution is 9.10. The number of imide groups is 1. The summed E-state index contributed by atoms with van der Waals surface area (Å²) in [5.41, 5.74) is 0.670. The Morgan fingerprint density at radius 1 is 1.26 bits per heavy atom. The van der Waals surface area contributed by atoms with E-state index in [0.29, 0.717) is 17.1 Å². The van der Waals surface area contributed by atoms with Crippen LogP contribution in [0.5, 0.6) is 5.75 Å². The summed E-state index contributed by atoms with van der Waals surface area (Å²) >= 11 is 4.21. The smallest absolute Gasteiger partial charge is 0.373 e. The van der Waals surface area contributed by atoms with Crippen LogP contribution in [0.25, 0.3) is 6.08 Å². The molecule has 0 saturated carbocycles. The van der Waals surface area contributed by atoms with E-state index < -0.39 is 17.1 Å². The van der Waals surface area contributed by atoms with E-state index in [4.69, 9.17) is 9.15 Å². The Kier molecular flexibility index (Phi) is 5.71. The number of thioether (sulfide) groups is 1. The molecule has 1 aliphatic heterocycles. The van der Waals surface area contributed by atoms with Crippen LogP contribution in [0.2, 0.25) is 0 Å². The molecule has 0 bridgehead atoms. The fraction of sp³-hybridized carbons (Fsp3) is 0.167. The molecule has 0 N–H and O–H groups in total. The molecule has 7 nitrogen and oxygen atoms in total. The number of nitrogens with zero attached hydrogens (tertiary/aromatic N) is 1. The third-order valence-corrected chi connectivity index (χ3v) is 5.11. The van der Waals surface area contributed by atoms with Gasteiger partial charge < -0.3 is 13.9 Å². The number of esters is 1. The molecular formula is C18H14BrNO6S. The van der Waals surface area contributed by atoms with Gasteiger partial charge in [-0.25, -0.2) is 4.79 Å². The molecule has 0 spiro atoms. The first-order valence-corrected chi connectivity index (χ1v) is 9.30. The average Bonchev–Trinajstić information content (AvgIpc) is 3.22. The van der Waals surface area contributed by atoms with E-state index in [2.05, 4.69) is 20.7 Å². The van der Waals surface area contributed by atoms with Crippen LogP contribution in [0.1, 0.15) is 21.9 Å². The van der Waals surface area contributed by atoms with Gasteiger partial charge in [-0.3, -0.25) is 14.5 Å². The number of methoxy groups -OCH3 is 2. The molecule has 1 fully saturated rings. The fourth-order valence-electron chi connectivity index (χ4n) is 2.42. The number of hydrogen-bond donors (Lipinski definition) is 0. The predicted octanol–water partition coefficient (Wildman–Crippen LogP) is 4.07.